The van der Waals surface area contributed by atoms with Crippen LogP contribution in [0, 0.1) is 0 Å². The maximum Gasteiger partial charge on any atom is 0.306 e. The molecule has 0 N–H and O–H groups in total. The first-order valence-corrected chi connectivity index (χ1v) is 24.3. The molecule has 0 amide bonds. The van der Waals surface area contributed by atoms with Gasteiger partial charge in [-0.1, -0.05) is 204 Å². The monoisotopic (exact) mass is 811 g/mol. The van der Waals surface area contributed by atoms with Gasteiger partial charge in [0.2, 0.25) is 0 Å². The summed E-state index contributed by atoms with van der Waals surface area (Å²) in [6.45, 7) is 6.41. The zero-order valence-corrected chi connectivity index (χ0v) is 38.0. The number of carbonyl (C=O) groups excluding carboxylic acids is 3. The molecule has 0 aliphatic heterocycles. The van der Waals surface area contributed by atoms with Crippen LogP contribution in [0.4, 0.5) is 0 Å². The van der Waals surface area contributed by atoms with E-state index in [0.717, 1.165) is 83.5 Å². The Morgan fingerprint density at radius 3 is 1.24 bits per heavy atom. The van der Waals surface area contributed by atoms with E-state index in [-0.39, 0.29) is 37.5 Å². The number of hydrogen-bond donors (Lipinski definition) is 0. The fraction of sp³-hybridized carbons (Fsp3) is 0.750. The van der Waals surface area contributed by atoms with Crippen molar-refractivity contribution in [2.45, 2.75) is 239 Å². The van der Waals surface area contributed by atoms with Crippen molar-refractivity contribution in [3.8, 4) is 0 Å². The molecule has 0 bridgehead atoms. The number of hydrogen-bond acceptors (Lipinski definition) is 6. The molecule has 0 aromatic carbocycles. The SMILES string of the molecule is CC/C=C\C/C=C\C/C=C\CCCCC(=O)OC(COC(=O)CCCCC/C=C\C=C/CCCC)COC(=O)CCCCCCCCCCCCCCCCCCC. The van der Waals surface area contributed by atoms with Crippen LogP contribution < -0.4 is 0 Å². The molecule has 0 aromatic heterocycles. The van der Waals surface area contributed by atoms with Gasteiger partial charge in [0, 0.05) is 19.3 Å². The molecule has 0 heterocycles. The number of allylic oxidation sites excluding steroid dienone is 10. The van der Waals surface area contributed by atoms with E-state index in [1.807, 2.05) is 0 Å². The Morgan fingerprint density at radius 1 is 0.379 bits per heavy atom. The average Bonchev–Trinajstić information content (AvgIpc) is 3.22. The predicted octanol–water partition coefficient (Wildman–Crippen LogP) is 15.7. The van der Waals surface area contributed by atoms with Gasteiger partial charge in [0.15, 0.2) is 6.10 Å². The van der Waals surface area contributed by atoms with Crippen molar-refractivity contribution in [1.29, 1.82) is 0 Å². The lowest BCUT2D eigenvalue weighted by Gasteiger charge is -2.18. The van der Waals surface area contributed by atoms with E-state index in [2.05, 4.69) is 81.5 Å². The third-order valence-corrected chi connectivity index (χ3v) is 10.3. The molecule has 0 saturated carbocycles. The molecular formula is C52H90O6. The Kier molecular flexibility index (Phi) is 44.5. The van der Waals surface area contributed by atoms with Gasteiger partial charge in [-0.25, -0.2) is 0 Å². The van der Waals surface area contributed by atoms with Gasteiger partial charge in [0.05, 0.1) is 0 Å². The van der Waals surface area contributed by atoms with Crippen LogP contribution in [-0.2, 0) is 28.6 Å². The third-order valence-electron chi connectivity index (χ3n) is 10.3. The number of ether oxygens (including phenoxy) is 3. The number of rotatable bonds is 43. The Hall–Kier alpha value is -2.89. The molecule has 0 radical (unpaired) electrons. The van der Waals surface area contributed by atoms with Crippen molar-refractivity contribution in [2.75, 3.05) is 13.2 Å². The van der Waals surface area contributed by atoms with Crippen LogP contribution in [0.1, 0.15) is 233 Å². The summed E-state index contributed by atoms with van der Waals surface area (Å²) in [5.41, 5.74) is 0. The summed E-state index contributed by atoms with van der Waals surface area (Å²) >= 11 is 0. The first-order chi connectivity index (χ1) is 28.5. The second-order valence-electron chi connectivity index (χ2n) is 16.0. The quantitative estimate of drug-likeness (QED) is 0.0201. The van der Waals surface area contributed by atoms with Gasteiger partial charge in [0.1, 0.15) is 13.2 Å². The molecule has 0 fully saturated rings. The molecule has 0 aromatic rings. The van der Waals surface area contributed by atoms with E-state index in [4.69, 9.17) is 14.2 Å². The minimum absolute atomic E-state index is 0.0967. The summed E-state index contributed by atoms with van der Waals surface area (Å²) in [7, 11) is 0. The second kappa shape index (κ2) is 46.8. The van der Waals surface area contributed by atoms with Gasteiger partial charge < -0.3 is 14.2 Å². The normalized spacial score (nSPS) is 12.5. The zero-order chi connectivity index (χ0) is 42.3. The molecule has 334 valence electrons. The number of esters is 3. The maximum atomic E-state index is 12.7. The standard InChI is InChI=1S/C52H90O6/c1-4-7-10-13-16-19-22-24-25-26-27-28-31-33-36-39-42-45-51(54)57-48-49(47-56-50(53)44-41-38-35-32-29-21-18-15-12-9-6-3)58-52(55)46-43-40-37-34-30-23-20-17-14-11-8-5-2/h8,11,15,17-18,20-21,29-30,34,49H,4-7,9-10,12-14,16,19,22-28,31-33,35-48H2,1-3H3/b11-8-,18-15-,20-17-,29-21-,34-30-. The lowest BCUT2D eigenvalue weighted by Crippen LogP contribution is -2.30. The van der Waals surface area contributed by atoms with Gasteiger partial charge in [-0.15, -0.1) is 0 Å². The van der Waals surface area contributed by atoms with E-state index in [9.17, 15) is 14.4 Å². The first-order valence-electron chi connectivity index (χ1n) is 24.3. The number of carbonyl (C=O) groups is 3. The van der Waals surface area contributed by atoms with Crippen LogP contribution in [0.15, 0.2) is 60.8 Å². The third kappa shape index (κ3) is 44.2. The van der Waals surface area contributed by atoms with Gasteiger partial charge in [0.25, 0.3) is 0 Å². The van der Waals surface area contributed by atoms with Crippen LogP contribution >= 0.6 is 0 Å². The van der Waals surface area contributed by atoms with E-state index >= 15 is 0 Å². The fourth-order valence-electron chi connectivity index (χ4n) is 6.61. The van der Waals surface area contributed by atoms with Crippen molar-refractivity contribution in [1.82, 2.24) is 0 Å². The molecule has 1 atom stereocenters. The van der Waals surface area contributed by atoms with E-state index in [1.165, 1.54) is 103 Å². The van der Waals surface area contributed by atoms with Crippen molar-refractivity contribution in [2.24, 2.45) is 0 Å². The summed E-state index contributed by atoms with van der Waals surface area (Å²) in [6, 6.07) is 0. The van der Waals surface area contributed by atoms with E-state index < -0.39 is 6.10 Å². The van der Waals surface area contributed by atoms with Crippen molar-refractivity contribution >= 4 is 17.9 Å². The molecule has 6 nitrogen and oxygen atoms in total. The average molecular weight is 811 g/mol. The molecule has 0 saturated heterocycles. The Bertz CT molecular complexity index is 1070. The minimum atomic E-state index is -0.801. The molecule has 0 rings (SSSR count). The van der Waals surface area contributed by atoms with E-state index in [1.54, 1.807) is 0 Å². The van der Waals surface area contributed by atoms with Gasteiger partial charge in [-0.3, -0.25) is 14.4 Å². The van der Waals surface area contributed by atoms with Gasteiger partial charge in [-0.2, -0.15) is 0 Å². The highest BCUT2D eigenvalue weighted by Gasteiger charge is 2.19. The highest BCUT2D eigenvalue weighted by Crippen LogP contribution is 2.15. The van der Waals surface area contributed by atoms with Crippen LogP contribution in [0.2, 0.25) is 0 Å². The summed E-state index contributed by atoms with van der Waals surface area (Å²) in [5, 5.41) is 0. The number of unbranched alkanes of at least 4 members (excludes halogenated alkanes) is 23. The second-order valence-corrected chi connectivity index (χ2v) is 16.0. The van der Waals surface area contributed by atoms with Crippen molar-refractivity contribution in [3.63, 3.8) is 0 Å². The van der Waals surface area contributed by atoms with Crippen LogP contribution in [-0.4, -0.2) is 37.2 Å². The highest BCUT2D eigenvalue weighted by atomic mass is 16.6. The first kappa shape index (κ1) is 55.1. The largest absolute Gasteiger partial charge is 0.462 e. The highest BCUT2D eigenvalue weighted by molar-refractivity contribution is 5.71. The predicted molar refractivity (Wildman–Crippen MR) is 247 cm³/mol. The summed E-state index contributed by atoms with van der Waals surface area (Å²) < 4.78 is 16.7. The Morgan fingerprint density at radius 2 is 0.741 bits per heavy atom. The lowest BCUT2D eigenvalue weighted by atomic mass is 10.0. The summed E-state index contributed by atoms with van der Waals surface area (Å²) in [4.78, 5) is 37.8. The zero-order valence-electron chi connectivity index (χ0n) is 38.0. The maximum absolute atomic E-state index is 12.7. The molecular weight excluding hydrogens is 721 g/mol. The lowest BCUT2D eigenvalue weighted by molar-refractivity contribution is -0.167. The van der Waals surface area contributed by atoms with Crippen LogP contribution in [0.5, 0.6) is 0 Å². The molecule has 1 unspecified atom stereocenters. The smallest absolute Gasteiger partial charge is 0.306 e. The van der Waals surface area contributed by atoms with Gasteiger partial charge in [-0.05, 0) is 70.6 Å². The van der Waals surface area contributed by atoms with Crippen molar-refractivity contribution < 1.29 is 28.6 Å². The molecule has 0 aliphatic rings. The molecule has 58 heavy (non-hydrogen) atoms. The van der Waals surface area contributed by atoms with Crippen LogP contribution in [0.3, 0.4) is 0 Å². The Labute approximate surface area is 358 Å². The van der Waals surface area contributed by atoms with Gasteiger partial charge >= 0.3 is 17.9 Å². The van der Waals surface area contributed by atoms with Crippen LogP contribution in [0.25, 0.3) is 0 Å². The summed E-state index contributed by atoms with van der Waals surface area (Å²) in [6.07, 6.45) is 56.4. The fourth-order valence-corrected chi connectivity index (χ4v) is 6.61. The minimum Gasteiger partial charge on any atom is -0.462 e. The molecule has 6 heteroatoms. The summed E-state index contributed by atoms with van der Waals surface area (Å²) in [5.74, 6) is -0.965. The van der Waals surface area contributed by atoms with Crippen molar-refractivity contribution in [3.05, 3.63) is 60.8 Å². The topological polar surface area (TPSA) is 78.9 Å². The van der Waals surface area contributed by atoms with E-state index in [0.29, 0.717) is 19.3 Å². The Balaban J connectivity index is 4.39. The molecule has 0 aliphatic carbocycles. The molecule has 0 spiro atoms.